The molecule has 0 atom stereocenters. The Hall–Kier alpha value is -2.29. The van der Waals surface area contributed by atoms with Gasteiger partial charge in [0.15, 0.2) is 0 Å². The molecule has 0 aromatic heterocycles. The third kappa shape index (κ3) is 6.87. The highest BCUT2D eigenvalue weighted by atomic mass is 15.3. The largest absolute Gasteiger partial charge is 0.342 e. The molecule has 0 amide bonds. The number of para-hydroxylation sites is 2. The summed E-state index contributed by atoms with van der Waals surface area (Å²) in [6.07, 6.45) is 2.18. The van der Waals surface area contributed by atoms with Gasteiger partial charge in [0.25, 0.3) is 0 Å². The Kier molecular flexibility index (Phi) is 10.7. The summed E-state index contributed by atoms with van der Waals surface area (Å²) in [5.41, 5.74) is 7.72. The number of nitrogens with zero attached hydrogens (tertiary/aromatic N) is 2. The van der Waals surface area contributed by atoms with Crippen molar-refractivity contribution in [2.75, 3.05) is 18.4 Å². The summed E-state index contributed by atoms with van der Waals surface area (Å²) in [5, 5.41) is 3.91. The molecule has 2 rings (SSSR count). The molecular weight excluding hydrogens is 414 g/mol. The second-order valence-electron chi connectivity index (χ2n) is 10.8. The summed E-state index contributed by atoms with van der Waals surface area (Å²) in [5.74, 6) is 2.68. The average Bonchev–Trinajstić information content (AvgIpc) is 2.78. The van der Waals surface area contributed by atoms with Crippen molar-refractivity contribution >= 4 is 17.3 Å². The maximum absolute atomic E-state index is 5.47. The van der Waals surface area contributed by atoms with Crippen LogP contribution in [0.15, 0.2) is 41.4 Å². The highest BCUT2D eigenvalue weighted by Gasteiger charge is 2.20. The molecule has 2 aromatic carbocycles. The van der Waals surface area contributed by atoms with Gasteiger partial charge in [-0.2, -0.15) is 0 Å². The van der Waals surface area contributed by atoms with Crippen LogP contribution in [0.25, 0.3) is 0 Å². The van der Waals surface area contributed by atoms with E-state index < -0.39 is 0 Å². The molecular formula is C31H49N3. The van der Waals surface area contributed by atoms with E-state index in [0.717, 1.165) is 37.6 Å². The quantitative estimate of drug-likeness (QED) is 0.281. The molecule has 1 N–H and O–H groups in total. The molecule has 188 valence electrons. The lowest BCUT2D eigenvalue weighted by molar-refractivity contribution is 0.416. The number of hydrogen-bond donors (Lipinski definition) is 1. The predicted molar refractivity (Wildman–Crippen MR) is 152 cm³/mol. The number of benzene rings is 2. The van der Waals surface area contributed by atoms with Gasteiger partial charge in [0.2, 0.25) is 5.96 Å². The lowest BCUT2D eigenvalue weighted by Crippen LogP contribution is -2.38. The Morgan fingerprint density at radius 3 is 1.41 bits per heavy atom. The van der Waals surface area contributed by atoms with E-state index in [4.69, 9.17) is 4.99 Å². The predicted octanol–water partition coefficient (Wildman–Crippen LogP) is 9.40. The Morgan fingerprint density at radius 1 is 0.676 bits per heavy atom. The van der Waals surface area contributed by atoms with Gasteiger partial charge in [-0.05, 0) is 58.8 Å². The normalized spacial score (nSPS) is 12.4. The third-order valence-corrected chi connectivity index (χ3v) is 6.46. The van der Waals surface area contributed by atoms with E-state index in [0.29, 0.717) is 23.7 Å². The van der Waals surface area contributed by atoms with Crippen LogP contribution in [0.4, 0.5) is 11.4 Å². The Morgan fingerprint density at radius 2 is 1.06 bits per heavy atom. The molecule has 0 spiro atoms. The van der Waals surface area contributed by atoms with Gasteiger partial charge >= 0.3 is 0 Å². The summed E-state index contributed by atoms with van der Waals surface area (Å²) in [4.78, 5) is 7.91. The fraction of sp³-hybridized carbons (Fsp3) is 0.581. The first kappa shape index (κ1) is 28.0. The SMILES string of the molecule is CCCN(CCC)C(=Nc1c(C(C)C)cccc1C(C)C)Nc1c(C(C)C)cccc1C(C)C. The fourth-order valence-electron chi connectivity index (χ4n) is 4.60. The number of guanidine groups is 1. The van der Waals surface area contributed by atoms with Gasteiger partial charge in [0, 0.05) is 18.8 Å². The van der Waals surface area contributed by atoms with Crippen LogP contribution in [0.1, 0.15) is 128 Å². The molecule has 0 aliphatic carbocycles. The molecule has 0 fully saturated rings. The third-order valence-electron chi connectivity index (χ3n) is 6.46. The topological polar surface area (TPSA) is 27.6 Å². The van der Waals surface area contributed by atoms with E-state index >= 15 is 0 Å². The highest BCUT2D eigenvalue weighted by Crippen LogP contribution is 2.36. The van der Waals surface area contributed by atoms with Crippen molar-refractivity contribution in [2.45, 2.75) is 106 Å². The Labute approximate surface area is 210 Å². The first-order chi connectivity index (χ1) is 16.1. The fourth-order valence-corrected chi connectivity index (χ4v) is 4.60. The summed E-state index contributed by atoms with van der Waals surface area (Å²) in [6, 6.07) is 13.4. The van der Waals surface area contributed by atoms with E-state index in [9.17, 15) is 0 Å². The molecule has 0 saturated carbocycles. The molecule has 0 aliphatic rings. The van der Waals surface area contributed by atoms with E-state index in [2.05, 4.69) is 116 Å². The van der Waals surface area contributed by atoms with Crippen LogP contribution in [0, 0.1) is 0 Å². The Balaban J connectivity index is 2.80. The van der Waals surface area contributed by atoms with Crippen LogP contribution in [-0.4, -0.2) is 23.9 Å². The zero-order valence-corrected chi connectivity index (χ0v) is 23.5. The highest BCUT2D eigenvalue weighted by molar-refractivity contribution is 5.97. The molecule has 0 radical (unpaired) electrons. The second-order valence-corrected chi connectivity index (χ2v) is 10.8. The van der Waals surface area contributed by atoms with Crippen molar-refractivity contribution in [3.8, 4) is 0 Å². The molecule has 0 unspecified atom stereocenters. The number of hydrogen-bond acceptors (Lipinski definition) is 1. The summed E-state index contributed by atoms with van der Waals surface area (Å²) >= 11 is 0. The summed E-state index contributed by atoms with van der Waals surface area (Å²) in [6.45, 7) is 24.7. The first-order valence-electron chi connectivity index (χ1n) is 13.5. The van der Waals surface area contributed by atoms with Crippen LogP contribution < -0.4 is 5.32 Å². The van der Waals surface area contributed by atoms with Crippen molar-refractivity contribution in [1.29, 1.82) is 0 Å². The molecule has 2 aromatic rings. The van der Waals surface area contributed by atoms with Gasteiger partial charge < -0.3 is 10.2 Å². The number of aliphatic imine (C=N–C) groups is 1. The second kappa shape index (κ2) is 13.0. The molecule has 3 heteroatoms. The number of rotatable bonds is 10. The number of nitrogens with one attached hydrogen (secondary N) is 1. The lowest BCUT2D eigenvalue weighted by Gasteiger charge is -2.30. The maximum atomic E-state index is 5.47. The van der Waals surface area contributed by atoms with Gasteiger partial charge in [0.05, 0.1) is 5.69 Å². The molecule has 34 heavy (non-hydrogen) atoms. The first-order valence-corrected chi connectivity index (χ1v) is 13.5. The minimum Gasteiger partial charge on any atom is -0.342 e. The van der Waals surface area contributed by atoms with Crippen molar-refractivity contribution in [2.24, 2.45) is 4.99 Å². The van der Waals surface area contributed by atoms with Crippen molar-refractivity contribution < 1.29 is 0 Å². The van der Waals surface area contributed by atoms with E-state index in [1.165, 1.54) is 27.9 Å². The summed E-state index contributed by atoms with van der Waals surface area (Å²) < 4.78 is 0. The van der Waals surface area contributed by atoms with E-state index in [1.54, 1.807) is 0 Å². The molecule has 0 aliphatic heterocycles. The van der Waals surface area contributed by atoms with Crippen LogP contribution in [-0.2, 0) is 0 Å². The van der Waals surface area contributed by atoms with E-state index in [1.807, 2.05) is 0 Å². The van der Waals surface area contributed by atoms with Gasteiger partial charge in [-0.25, -0.2) is 4.99 Å². The zero-order valence-electron chi connectivity index (χ0n) is 23.5. The smallest absolute Gasteiger partial charge is 0.203 e. The Bertz CT molecular complexity index is 879. The molecule has 0 heterocycles. The minimum atomic E-state index is 0.415. The zero-order chi connectivity index (χ0) is 25.4. The van der Waals surface area contributed by atoms with Crippen LogP contribution in [0.2, 0.25) is 0 Å². The lowest BCUT2D eigenvalue weighted by atomic mass is 9.92. The maximum Gasteiger partial charge on any atom is 0.203 e. The van der Waals surface area contributed by atoms with Crippen LogP contribution in [0.5, 0.6) is 0 Å². The van der Waals surface area contributed by atoms with Gasteiger partial charge in [-0.15, -0.1) is 0 Å². The average molecular weight is 464 g/mol. The van der Waals surface area contributed by atoms with E-state index in [-0.39, 0.29) is 0 Å². The molecule has 0 saturated heterocycles. The van der Waals surface area contributed by atoms with Gasteiger partial charge in [-0.1, -0.05) is 106 Å². The minimum absolute atomic E-state index is 0.415. The van der Waals surface area contributed by atoms with Crippen molar-refractivity contribution in [1.82, 2.24) is 4.90 Å². The standard InChI is InChI=1S/C31H49N3/c1-11-19-34(20-12-2)31(32-29-25(21(3)4)15-13-16-26(29)22(5)6)33-30-27(23(7)8)17-14-18-28(30)24(9)10/h13-18,21-24H,11-12,19-20H2,1-10H3,(H,32,33). The monoisotopic (exact) mass is 463 g/mol. The molecule has 3 nitrogen and oxygen atoms in total. The van der Waals surface area contributed by atoms with Gasteiger partial charge in [0.1, 0.15) is 0 Å². The summed E-state index contributed by atoms with van der Waals surface area (Å²) in [7, 11) is 0. The van der Waals surface area contributed by atoms with Crippen molar-refractivity contribution in [3.63, 3.8) is 0 Å². The van der Waals surface area contributed by atoms with Crippen molar-refractivity contribution in [3.05, 3.63) is 58.7 Å². The molecule has 0 bridgehead atoms. The van der Waals surface area contributed by atoms with Crippen LogP contribution in [0.3, 0.4) is 0 Å². The van der Waals surface area contributed by atoms with Crippen LogP contribution >= 0.6 is 0 Å². The number of anilines is 1. The van der Waals surface area contributed by atoms with Gasteiger partial charge in [-0.3, -0.25) is 0 Å².